The van der Waals surface area contributed by atoms with Crippen LogP contribution in [-0.2, 0) is 19.1 Å². The largest absolute Gasteiger partial charge is 0.466 e. The number of carbonyl (C=O) groups is 3. The molecule has 0 heterocycles. The summed E-state index contributed by atoms with van der Waals surface area (Å²) in [4.78, 5) is 34.4. The predicted molar refractivity (Wildman–Crippen MR) is 103 cm³/mol. The molecule has 7 heteroatoms. The zero-order chi connectivity index (χ0) is 19.1. The van der Waals surface area contributed by atoms with E-state index < -0.39 is 0 Å². The fourth-order valence-electron chi connectivity index (χ4n) is 2.12. The summed E-state index contributed by atoms with van der Waals surface area (Å²) in [5.41, 5.74) is -0.0702. The lowest BCUT2D eigenvalue weighted by Gasteiger charge is -2.23. The quantitative estimate of drug-likeness (QED) is 0.360. The average molecular weight is 375 g/mol. The first-order valence-electron chi connectivity index (χ1n) is 9.07. The van der Waals surface area contributed by atoms with Crippen molar-refractivity contribution in [3.63, 3.8) is 0 Å². The number of hydrogen-bond donors (Lipinski definition) is 2. The molecule has 0 aromatic carbocycles. The minimum absolute atomic E-state index is 0.00344. The molecule has 2 N–H and O–H groups in total. The van der Waals surface area contributed by atoms with Crippen molar-refractivity contribution in [3.05, 3.63) is 0 Å². The highest BCUT2D eigenvalue weighted by Gasteiger charge is 2.22. The molecular formula is C18H34N2O4S. The third kappa shape index (κ3) is 14.8. The van der Waals surface area contributed by atoms with E-state index in [2.05, 4.69) is 24.5 Å². The zero-order valence-electron chi connectivity index (χ0n) is 16.1. The summed E-state index contributed by atoms with van der Waals surface area (Å²) < 4.78 is 4.99. The Balaban J connectivity index is 3.63. The molecule has 0 aliphatic rings. The van der Waals surface area contributed by atoms with E-state index in [1.165, 1.54) is 0 Å². The van der Waals surface area contributed by atoms with Gasteiger partial charge in [-0.2, -0.15) is 11.8 Å². The molecule has 0 spiro atoms. The smallest absolute Gasteiger partial charge is 0.306 e. The van der Waals surface area contributed by atoms with E-state index in [0.717, 1.165) is 24.3 Å². The highest BCUT2D eigenvalue weighted by atomic mass is 32.2. The molecule has 0 fully saturated rings. The van der Waals surface area contributed by atoms with Crippen molar-refractivity contribution in [3.8, 4) is 0 Å². The van der Waals surface area contributed by atoms with Gasteiger partial charge in [0.25, 0.3) is 0 Å². The molecule has 0 bridgehead atoms. The van der Waals surface area contributed by atoms with Crippen LogP contribution in [0, 0.1) is 5.41 Å². The molecule has 146 valence electrons. The van der Waals surface area contributed by atoms with Crippen molar-refractivity contribution >= 4 is 29.5 Å². The van der Waals surface area contributed by atoms with Crippen molar-refractivity contribution < 1.29 is 19.1 Å². The fourth-order valence-corrected chi connectivity index (χ4v) is 3.27. The summed E-state index contributed by atoms with van der Waals surface area (Å²) in [6, 6.07) is 0. The standard InChI is InChI=1S/C18H34N2O4S/c1-5-7-15(21)19-10-8-16(22)20-11-13-25-12-9-18(3,4)14-17(23)24-6-2/h5-14H2,1-4H3,(H,19,21)(H,20,22). The van der Waals surface area contributed by atoms with Crippen LogP contribution in [0.25, 0.3) is 0 Å². The highest BCUT2D eigenvalue weighted by Crippen LogP contribution is 2.27. The van der Waals surface area contributed by atoms with E-state index in [4.69, 9.17) is 4.74 Å². The van der Waals surface area contributed by atoms with Gasteiger partial charge in [0.2, 0.25) is 11.8 Å². The van der Waals surface area contributed by atoms with Crippen molar-refractivity contribution in [1.82, 2.24) is 10.6 Å². The Morgan fingerprint density at radius 3 is 2.24 bits per heavy atom. The number of nitrogens with one attached hydrogen (secondary N) is 2. The van der Waals surface area contributed by atoms with Gasteiger partial charge in [-0.25, -0.2) is 0 Å². The molecule has 0 aliphatic heterocycles. The number of carbonyl (C=O) groups excluding carboxylic acids is 3. The minimum Gasteiger partial charge on any atom is -0.466 e. The van der Waals surface area contributed by atoms with Crippen LogP contribution in [0.1, 0.15) is 59.8 Å². The molecule has 0 aliphatic carbocycles. The highest BCUT2D eigenvalue weighted by molar-refractivity contribution is 7.99. The summed E-state index contributed by atoms with van der Waals surface area (Å²) >= 11 is 1.76. The zero-order valence-corrected chi connectivity index (χ0v) is 16.9. The number of rotatable bonds is 14. The summed E-state index contributed by atoms with van der Waals surface area (Å²) in [5, 5.41) is 5.57. The second-order valence-electron chi connectivity index (χ2n) is 6.71. The molecule has 0 saturated carbocycles. The summed E-state index contributed by atoms with van der Waals surface area (Å²) in [6.07, 6.45) is 2.99. The van der Waals surface area contributed by atoms with Crippen molar-refractivity contribution in [2.24, 2.45) is 5.41 Å². The van der Waals surface area contributed by atoms with E-state index in [-0.39, 0.29) is 23.2 Å². The molecule has 0 radical (unpaired) electrons. The topological polar surface area (TPSA) is 84.5 Å². The summed E-state index contributed by atoms with van der Waals surface area (Å²) in [7, 11) is 0. The van der Waals surface area contributed by atoms with Crippen molar-refractivity contribution in [2.45, 2.75) is 59.8 Å². The minimum atomic E-state index is -0.143. The lowest BCUT2D eigenvalue weighted by molar-refractivity contribution is -0.145. The molecule has 0 unspecified atom stereocenters. The van der Waals surface area contributed by atoms with Crippen LogP contribution >= 0.6 is 11.8 Å². The van der Waals surface area contributed by atoms with E-state index in [9.17, 15) is 14.4 Å². The monoisotopic (exact) mass is 374 g/mol. The van der Waals surface area contributed by atoms with Gasteiger partial charge < -0.3 is 15.4 Å². The van der Waals surface area contributed by atoms with Crippen LogP contribution in [0.3, 0.4) is 0 Å². The van der Waals surface area contributed by atoms with Gasteiger partial charge >= 0.3 is 5.97 Å². The number of hydrogen-bond acceptors (Lipinski definition) is 5. The summed E-state index contributed by atoms with van der Waals surface area (Å²) in [5.74, 6) is 1.59. The first kappa shape index (κ1) is 23.8. The molecule has 0 rings (SSSR count). The second-order valence-corrected chi connectivity index (χ2v) is 7.93. The SMILES string of the molecule is CCCC(=O)NCCC(=O)NCCSCCC(C)(C)CC(=O)OCC. The third-order valence-corrected chi connectivity index (χ3v) is 4.56. The lowest BCUT2D eigenvalue weighted by Crippen LogP contribution is -2.31. The van der Waals surface area contributed by atoms with Gasteiger partial charge in [-0.3, -0.25) is 14.4 Å². The molecule has 6 nitrogen and oxygen atoms in total. The van der Waals surface area contributed by atoms with Crippen LogP contribution in [0.15, 0.2) is 0 Å². The van der Waals surface area contributed by atoms with Gasteiger partial charge in [0, 0.05) is 31.7 Å². The third-order valence-electron chi connectivity index (χ3n) is 3.57. The maximum Gasteiger partial charge on any atom is 0.306 e. The molecule has 0 atom stereocenters. The normalized spacial score (nSPS) is 11.0. The number of thioether (sulfide) groups is 1. The maximum atomic E-state index is 11.6. The molecule has 0 aromatic heterocycles. The van der Waals surface area contributed by atoms with Crippen molar-refractivity contribution in [2.75, 3.05) is 31.2 Å². The number of amides is 2. The van der Waals surface area contributed by atoms with Crippen LogP contribution < -0.4 is 10.6 Å². The van der Waals surface area contributed by atoms with Crippen LogP contribution in [0.4, 0.5) is 0 Å². The average Bonchev–Trinajstić information content (AvgIpc) is 2.50. The lowest BCUT2D eigenvalue weighted by atomic mass is 9.86. The Morgan fingerprint density at radius 1 is 0.960 bits per heavy atom. The van der Waals surface area contributed by atoms with E-state index in [1.54, 1.807) is 11.8 Å². The Kier molecular flexibility index (Phi) is 13.3. The Bertz CT molecular complexity index is 414. The maximum absolute atomic E-state index is 11.6. The first-order chi connectivity index (χ1) is 11.8. The molecular weight excluding hydrogens is 340 g/mol. The van der Waals surface area contributed by atoms with E-state index >= 15 is 0 Å². The molecule has 25 heavy (non-hydrogen) atoms. The van der Waals surface area contributed by atoms with Gasteiger partial charge in [0.1, 0.15) is 0 Å². The van der Waals surface area contributed by atoms with Crippen LogP contribution in [-0.4, -0.2) is 49.0 Å². The Labute approximate surface area is 156 Å². The van der Waals surface area contributed by atoms with E-state index in [1.807, 2.05) is 13.8 Å². The van der Waals surface area contributed by atoms with Crippen LogP contribution in [0.5, 0.6) is 0 Å². The second kappa shape index (κ2) is 14.0. The van der Waals surface area contributed by atoms with Crippen LogP contribution in [0.2, 0.25) is 0 Å². The van der Waals surface area contributed by atoms with Gasteiger partial charge in [0.05, 0.1) is 13.0 Å². The summed E-state index contributed by atoms with van der Waals surface area (Å²) in [6.45, 7) is 9.32. The van der Waals surface area contributed by atoms with E-state index in [0.29, 0.717) is 39.0 Å². The van der Waals surface area contributed by atoms with Gasteiger partial charge in [-0.1, -0.05) is 20.8 Å². The Morgan fingerprint density at radius 2 is 1.60 bits per heavy atom. The Hall–Kier alpha value is -1.24. The molecule has 0 saturated heterocycles. The van der Waals surface area contributed by atoms with Gasteiger partial charge in [-0.15, -0.1) is 0 Å². The first-order valence-corrected chi connectivity index (χ1v) is 10.2. The molecule has 2 amide bonds. The molecule has 0 aromatic rings. The van der Waals surface area contributed by atoms with Crippen molar-refractivity contribution in [1.29, 1.82) is 0 Å². The predicted octanol–water partition coefficient (Wildman–Crippen LogP) is 2.51. The number of esters is 1. The van der Waals surface area contributed by atoms with Gasteiger partial charge in [-0.05, 0) is 30.9 Å². The number of ether oxygens (including phenoxy) is 1. The van der Waals surface area contributed by atoms with Gasteiger partial charge in [0.15, 0.2) is 0 Å². The fraction of sp³-hybridized carbons (Fsp3) is 0.833.